The molecule has 31 heavy (non-hydrogen) atoms. The second kappa shape index (κ2) is 8.39. The molecule has 0 aliphatic carbocycles. The highest BCUT2D eigenvalue weighted by atomic mass is 16.1. The molecule has 0 saturated carbocycles. The molecular formula is C24H24N6O. The summed E-state index contributed by atoms with van der Waals surface area (Å²) < 4.78 is 1.64. The number of anilines is 3. The second-order valence-corrected chi connectivity index (χ2v) is 8.21. The lowest BCUT2D eigenvalue weighted by Crippen LogP contribution is -2.14. The molecule has 0 fully saturated rings. The topological polar surface area (TPSA) is 84.7 Å². The van der Waals surface area contributed by atoms with E-state index in [1.807, 2.05) is 72.9 Å². The predicted octanol–water partition coefficient (Wildman–Crippen LogP) is 4.96. The van der Waals surface area contributed by atoms with Crippen LogP contribution < -0.4 is 10.6 Å². The van der Waals surface area contributed by atoms with Gasteiger partial charge in [-0.25, -0.2) is 4.68 Å². The summed E-state index contributed by atoms with van der Waals surface area (Å²) in [6.45, 7) is 6.45. The van der Waals surface area contributed by atoms with E-state index in [2.05, 4.69) is 46.7 Å². The van der Waals surface area contributed by atoms with E-state index in [4.69, 9.17) is 0 Å². The Bertz CT molecular complexity index is 1140. The van der Waals surface area contributed by atoms with E-state index < -0.39 is 0 Å². The van der Waals surface area contributed by atoms with E-state index in [9.17, 15) is 4.79 Å². The lowest BCUT2D eigenvalue weighted by atomic mass is 9.87. The molecule has 1 amide bonds. The van der Waals surface area contributed by atoms with Crippen LogP contribution >= 0.6 is 0 Å². The second-order valence-electron chi connectivity index (χ2n) is 8.21. The standard InChI is InChI=1S/C24H24N6O/c1-24(2,3)18-7-5-17(6-8-18)23(31)27-20-11-9-19(10-12-20)26-21-13-14-22(29-28-21)30-16-4-15-25-30/h4-16H,1-3H3,(H,26,28)(H,27,31). The smallest absolute Gasteiger partial charge is 0.255 e. The first-order valence-electron chi connectivity index (χ1n) is 10.0. The normalized spacial score (nSPS) is 11.2. The predicted molar refractivity (Wildman–Crippen MR) is 122 cm³/mol. The summed E-state index contributed by atoms with van der Waals surface area (Å²) in [6.07, 6.45) is 3.50. The Morgan fingerprint density at radius 2 is 1.58 bits per heavy atom. The summed E-state index contributed by atoms with van der Waals surface area (Å²) in [5.74, 6) is 1.12. The fraction of sp³-hybridized carbons (Fsp3) is 0.167. The molecule has 2 aromatic heterocycles. The third kappa shape index (κ3) is 4.95. The van der Waals surface area contributed by atoms with E-state index >= 15 is 0 Å². The minimum absolute atomic E-state index is 0.0572. The Morgan fingerprint density at radius 3 is 2.16 bits per heavy atom. The summed E-state index contributed by atoms with van der Waals surface area (Å²) in [6, 6.07) is 20.7. The zero-order valence-electron chi connectivity index (χ0n) is 17.7. The van der Waals surface area contributed by atoms with Crippen LogP contribution in [0.15, 0.2) is 79.1 Å². The van der Waals surface area contributed by atoms with Gasteiger partial charge in [0.15, 0.2) is 11.6 Å². The summed E-state index contributed by atoms with van der Waals surface area (Å²) in [4.78, 5) is 12.5. The van der Waals surface area contributed by atoms with Crippen LogP contribution in [0.5, 0.6) is 0 Å². The molecule has 0 radical (unpaired) electrons. The minimum Gasteiger partial charge on any atom is -0.339 e. The van der Waals surface area contributed by atoms with E-state index in [0.29, 0.717) is 17.2 Å². The molecule has 7 nitrogen and oxygen atoms in total. The van der Waals surface area contributed by atoms with Crippen molar-refractivity contribution in [3.63, 3.8) is 0 Å². The quantitative estimate of drug-likeness (QED) is 0.484. The molecule has 2 N–H and O–H groups in total. The molecule has 0 bridgehead atoms. The number of hydrogen-bond donors (Lipinski definition) is 2. The van der Waals surface area contributed by atoms with E-state index in [0.717, 1.165) is 11.4 Å². The molecular weight excluding hydrogens is 388 g/mol. The van der Waals surface area contributed by atoms with Gasteiger partial charge in [0, 0.05) is 29.3 Å². The SMILES string of the molecule is CC(C)(C)c1ccc(C(=O)Nc2ccc(Nc3ccc(-n4cccn4)nn3)cc2)cc1. The van der Waals surface area contributed by atoms with Gasteiger partial charge in [0.25, 0.3) is 5.91 Å². The van der Waals surface area contributed by atoms with E-state index in [1.165, 1.54) is 5.56 Å². The van der Waals surface area contributed by atoms with Gasteiger partial charge in [-0.2, -0.15) is 5.10 Å². The maximum absolute atomic E-state index is 12.5. The molecule has 2 heterocycles. The molecule has 4 aromatic rings. The molecule has 0 aliphatic heterocycles. The Balaban J connectivity index is 1.37. The molecule has 4 rings (SSSR count). The molecule has 2 aromatic carbocycles. The number of carbonyl (C=O) groups excluding carboxylic acids is 1. The van der Waals surface area contributed by atoms with E-state index in [-0.39, 0.29) is 11.3 Å². The number of hydrogen-bond acceptors (Lipinski definition) is 5. The molecule has 0 spiro atoms. The van der Waals surface area contributed by atoms with Crippen molar-refractivity contribution in [1.29, 1.82) is 0 Å². The van der Waals surface area contributed by atoms with Crippen LogP contribution in [0.2, 0.25) is 0 Å². The van der Waals surface area contributed by atoms with Gasteiger partial charge in [-0.3, -0.25) is 4.79 Å². The Kier molecular flexibility index (Phi) is 5.49. The first-order chi connectivity index (χ1) is 14.9. The Hall–Kier alpha value is -4.00. The average Bonchev–Trinajstić information content (AvgIpc) is 3.30. The number of aromatic nitrogens is 4. The monoisotopic (exact) mass is 412 g/mol. The van der Waals surface area contributed by atoms with Crippen molar-refractivity contribution < 1.29 is 4.79 Å². The third-order valence-corrected chi connectivity index (χ3v) is 4.82. The number of benzene rings is 2. The molecule has 156 valence electrons. The van der Waals surface area contributed by atoms with Crippen molar-refractivity contribution in [3.05, 3.63) is 90.3 Å². The lowest BCUT2D eigenvalue weighted by Gasteiger charge is -2.19. The fourth-order valence-electron chi connectivity index (χ4n) is 3.03. The van der Waals surface area contributed by atoms with Crippen LogP contribution in [0.25, 0.3) is 5.82 Å². The molecule has 0 saturated heterocycles. The summed E-state index contributed by atoms with van der Waals surface area (Å²) in [7, 11) is 0. The highest BCUT2D eigenvalue weighted by Gasteiger charge is 2.14. The lowest BCUT2D eigenvalue weighted by molar-refractivity contribution is 0.102. The van der Waals surface area contributed by atoms with Gasteiger partial charge in [-0.1, -0.05) is 32.9 Å². The third-order valence-electron chi connectivity index (χ3n) is 4.82. The maximum atomic E-state index is 12.5. The van der Waals surface area contributed by atoms with Crippen LogP contribution in [0, 0.1) is 0 Å². The number of nitrogens with zero attached hydrogens (tertiary/aromatic N) is 4. The minimum atomic E-state index is -0.138. The van der Waals surface area contributed by atoms with Crippen LogP contribution in [-0.2, 0) is 5.41 Å². The maximum Gasteiger partial charge on any atom is 0.255 e. The van der Waals surface area contributed by atoms with Crippen LogP contribution in [-0.4, -0.2) is 25.9 Å². The number of carbonyl (C=O) groups is 1. The fourth-order valence-corrected chi connectivity index (χ4v) is 3.03. The van der Waals surface area contributed by atoms with Gasteiger partial charge in [0.1, 0.15) is 0 Å². The van der Waals surface area contributed by atoms with Crippen molar-refractivity contribution >= 4 is 23.1 Å². The van der Waals surface area contributed by atoms with Gasteiger partial charge < -0.3 is 10.6 Å². The average molecular weight is 412 g/mol. The molecule has 0 aliphatic rings. The van der Waals surface area contributed by atoms with Crippen LogP contribution in [0.4, 0.5) is 17.2 Å². The van der Waals surface area contributed by atoms with Crippen LogP contribution in [0.1, 0.15) is 36.7 Å². The molecule has 0 unspecified atom stereocenters. The number of rotatable bonds is 5. The van der Waals surface area contributed by atoms with Gasteiger partial charge >= 0.3 is 0 Å². The summed E-state index contributed by atoms with van der Waals surface area (Å²) in [5.41, 5.74) is 3.44. The molecule has 7 heteroatoms. The highest BCUT2D eigenvalue weighted by molar-refractivity contribution is 6.04. The van der Waals surface area contributed by atoms with Crippen molar-refractivity contribution in [1.82, 2.24) is 20.0 Å². The zero-order valence-corrected chi connectivity index (χ0v) is 17.7. The summed E-state index contributed by atoms with van der Waals surface area (Å²) in [5, 5.41) is 18.6. The zero-order chi connectivity index (χ0) is 21.8. The van der Waals surface area contributed by atoms with Gasteiger partial charge in [0.2, 0.25) is 0 Å². The van der Waals surface area contributed by atoms with Crippen LogP contribution in [0.3, 0.4) is 0 Å². The van der Waals surface area contributed by atoms with Crippen molar-refractivity contribution in [2.75, 3.05) is 10.6 Å². The van der Waals surface area contributed by atoms with Gasteiger partial charge in [-0.05, 0) is 65.6 Å². The van der Waals surface area contributed by atoms with Gasteiger partial charge in [0.05, 0.1) is 0 Å². The molecule has 0 atom stereocenters. The van der Waals surface area contributed by atoms with Crippen molar-refractivity contribution in [2.24, 2.45) is 0 Å². The Labute approximate surface area is 181 Å². The first-order valence-corrected chi connectivity index (χ1v) is 10.0. The Morgan fingerprint density at radius 1 is 0.871 bits per heavy atom. The van der Waals surface area contributed by atoms with E-state index in [1.54, 1.807) is 10.9 Å². The number of amides is 1. The van der Waals surface area contributed by atoms with Crippen molar-refractivity contribution in [3.8, 4) is 5.82 Å². The first kappa shape index (κ1) is 20.3. The highest BCUT2D eigenvalue weighted by Crippen LogP contribution is 2.23. The summed E-state index contributed by atoms with van der Waals surface area (Å²) >= 11 is 0. The number of nitrogens with one attached hydrogen (secondary N) is 2. The van der Waals surface area contributed by atoms with Crippen molar-refractivity contribution in [2.45, 2.75) is 26.2 Å². The van der Waals surface area contributed by atoms with Gasteiger partial charge in [-0.15, -0.1) is 10.2 Å². The largest absolute Gasteiger partial charge is 0.339 e.